The summed E-state index contributed by atoms with van der Waals surface area (Å²) in [6.45, 7) is 4.18. The van der Waals surface area contributed by atoms with Gasteiger partial charge in [0.15, 0.2) is 0 Å². The molecule has 0 N–H and O–H groups in total. The van der Waals surface area contributed by atoms with Gasteiger partial charge in [-0.05, 0) is 60.2 Å². The Bertz CT molecular complexity index is 1190. The van der Waals surface area contributed by atoms with E-state index in [2.05, 4.69) is 4.98 Å². The molecule has 11 heteroatoms. The van der Waals surface area contributed by atoms with Crippen LogP contribution in [0.1, 0.15) is 43.7 Å². The lowest BCUT2D eigenvalue weighted by Crippen LogP contribution is -2.36. The maximum absolute atomic E-state index is 13.2. The summed E-state index contributed by atoms with van der Waals surface area (Å²) in [5.74, 6) is -0.310. The fraction of sp³-hybridized carbons (Fsp3) is 0.381. The number of urea groups is 1. The van der Waals surface area contributed by atoms with Crippen LogP contribution in [0.5, 0.6) is 0 Å². The molecule has 32 heavy (non-hydrogen) atoms. The molecule has 2 heterocycles. The maximum Gasteiger partial charge on any atom is 0.501 e. The molecule has 0 unspecified atom stereocenters. The summed E-state index contributed by atoms with van der Waals surface area (Å²) in [4.78, 5) is 31.9. The maximum atomic E-state index is 13.2. The van der Waals surface area contributed by atoms with Gasteiger partial charge < -0.3 is 4.90 Å². The van der Waals surface area contributed by atoms with Crippen molar-refractivity contribution in [1.29, 1.82) is 0 Å². The minimum absolute atomic E-state index is 0.0220. The molecular formula is C21H20F3N3O4S. The first-order valence-electron chi connectivity index (χ1n) is 9.90. The number of anilines is 1. The van der Waals surface area contributed by atoms with Crippen LogP contribution in [0.2, 0.25) is 0 Å². The summed E-state index contributed by atoms with van der Waals surface area (Å²) in [6.07, 6.45) is 4.30. The molecule has 1 saturated carbocycles. The van der Waals surface area contributed by atoms with E-state index >= 15 is 0 Å². The summed E-state index contributed by atoms with van der Waals surface area (Å²) >= 11 is 0. The molecule has 1 aromatic heterocycles. The van der Waals surface area contributed by atoms with E-state index in [9.17, 15) is 31.2 Å². The molecule has 4 rings (SSSR count). The van der Waals surface area contributed by atoms with Gasteiger partial charge in [-0.15, -0.1) is 0 Å². The number of nitrogens with zero attached hydrogens (tertiary/aromatic N) is 3. The Labute approximate surface area is 182 Å². The van der Waals surface area contributed by atoms with Gasteiger partial charge in [0.1, 0.15) is 5.54 Å². The van der Waals surface area contributed by atoms with Crippen LogP contribution in [0.25, 0.3) is 0 Å². The predicted molar refractivity (Wildman–Crippen MR) is 108 cm³/mol. The summed E-state index contributed by atoms with van der Waals surface area (Å²) in [6, 6.07) is 4.79. The van der Waals surface area contributed by atoms with E-state index in [0.717, 1.165) is 40.3 Å². The largest absolute Gasteiger partial charge is 0.501 e. The molecule has 1 saturated heterocycles. The van der Waals surface area contributed by atoms with Crippen molar-refractivity contribution in [2.24, 2.45) is 0 Å². The van der Waals surface area contributed by atoms with Gasteiger partial charge in [-0.25, -0.2) is 18.1 Å². The number of rotatable bonds is 5. The van der Waals surface area contributed by atoms with Crippen LogP contribution in [0.4, 0.5) is 23.7 Å². The summed E-state index contributed by atoms with van der Waals surface area (Å²) in [5, 5.41) is 0. The minimum Gasteiger partial charge on any atom is -0.305 e. The van der Waals surface area contributed by atoms with E-state index < -0.39 is 37.7 Å². The number of aromatic nitrogens is 1. The minimum atomic E-state index is -5.52. The van der Waals surface area contributed by atoms with Gasteiger partial charge in [-0.3, -0.25) is 9.78 Å². The number of hydrogen-bond acceptors (Lipinski definition) is 5. The van der Waals surface area contributed by atoms with Gasteiger partial charge in [0.2, 0.25) is 0 Å². The highest BCUT2D eigenvalue weighted by atomic mass is 32.2. The van der Waals surface area contributed by atoms with Crippen molar-refractivity contribution in [3.8, 4) is 0 Å². The quantitative estimate of drug-likeness (QED) is 0.621. The Morgan fingerprint density at radius 1 is 1.09 bits per heavy atom. The number of imide groups is 1. The first kappa shape index (κ1) is 22.3. The molecule has 2 fully saturated rings. The summed E-state index contributed by atoms with van der Waals surface area (Å²) < 4.78 is 61.5. The molecule has 2 aliphatic rings. The molecule has 0 atom stereocenters. The lowest BCUT2D eigenvalue weighted by atomic mass is 9.99. The molecule has 7 nitrogen and oxygen atoms in total. The molecule has 1 aromatic carbocycles. The number of sulfone groups is 1. The van der Waals surface area contributed by atoms with E-state index in [1.165, 1.54) is 4.90 Å². The third-order valence-corrected chi connectivity index (χ3v) is 7.37. The second-order valence-corrected chi connectivity index (χ2v) is 10.2. The smallest absolute Gasteiger partial charge is 0.305 e. The van der Waals surface area contributed by atoms with Gasteiger partial charge >= 0.3 is 11.5 Å². The lowest BCUT2D eigenvalue weighted by Gasteiger charge is -2.23. The summed E-state index contributed by atoms with van der Waals surface area (Å²) in [5.41, 5.74) is -4.60. The Hall–Kier alpha value is -2.95. The van der Waals surface area contributed by atoms with Crippen molar-refractivity contribution < 1.29 is 31.2 Å². The predicted octanol–water partition coefficient (Wildman–Crippen LogP) is 4.00. The zero-order valence-corrected chi connectivity index (χ0v) is 18.1. The fourth-order valence-electron chi connectivity index (χ4n) is 3.94. The Morgan fingerprint density at radius 2 is 1.72 bits per heavy atom. The van der Waals surface area contributed by atoms with E-state index in [1.807, 2.05) is 13.8 Å². The van der Waals surface area contributed by atoms with Crippen LogP contribution in [-0.2, 0) is 21.2 Å². The summed E-state index contributed by atoms with van der Waals surface area (Å²) in [7, 11) is -5.52. The number of benzene rings is 1. The van der Waals surface area contributed by atoms with Crippen molar-refractivity contribution in [2.75, 3.05) is 4.90 Å². The zero-order chi connectivity index (χ0) is 23.5. The van der Waals surface area contributed by atoms with Crippen LogP contribution in [0.15, 0.2) is 47.6 Å². The molecule has 1 spiro atoms. The number of carbonyl (C=O) groups is 2. The van der Waals surface area contributed by atoms with Crippen molar-refractivity contribution in [1.82, 2.24) is 9.88 Å². The average Bonchev–Trinajstić information content (AvgIpc) is 3.50. The Balaban J connectivity index is 1.65. The standard InChI is InChI=1S/C21H20F3N3O4S/c1-13(2)17-11-25-10-7-14(17)12-26-19(29)27(18(28)20(26)8-9-20)15-3-5-16(6-4-15)32(30,31)21(22,23)24/h3-7,10-11,13H,8-9,12H2,1-2H3. The van der Waals surface area contributed by atoms with Crippen LogP contribution in [0, 0.1) is 0 Å². The third kappa shape index (κ3) is 3.35. The van der Waals surface area contributed by atoms with Gasteiger partial charge in [0.25, 0.3) is 15.7 Å². The van der Waals surface area contributed by atoms with E-state index in [0.29, 0.717) is 12.8 Å². The van der Waals surface area contributed by atoms with Crippen molar-refractivity contribution in [3.63, 3.8) is 0 Å². The van der Waals surface area contributed by atoms with E-state index in [-0.39, 0.29) is 18.2 Å². The Kier molecular flexibility index (Phi) is 5.07. The number of hydrogen-bond donors (Lipinski definition) is 0. The second kappa shape index (κ2) is 7.29. The first-order chi connectivity index (χ1) is 14.9. The molecular weight excluding hydrogens is 447 g/mol. The molecule has 0 bridgehead atoms. The monoisotopic (exact) mass is 467 g/mol. The second-order valence-electron chi connectivity index (χ2n) is 8.21. The lowest BCUT2D eigenvalue weighted by molar-refractivity contribution is -0.120. The van der Waals surface area contributed by atoms with Gasteiger partial charge in [0, 0.05) is 18.9 Å². The van der Waals surface area contributed by atoms with Crippen molar-refractivity contribution in [3.05, 3.63) is 53.9 Å². The van der Waals surface area contributed by atoms with Crippen molar-refractivity contribution in [2.45, 2.75) is 55.1 Å². The molecule has 2 aromatic rings. The van der Waals surface area contributed by atoms with Gasteiger partial charge in [-0.1, -0.05) is 13.8 Å². The van der Waals surface area contributed by atoms with Crippen molar-refractivity contribution >= 4 is 27.5 Å². The highest BCUT2D eigenvalue weighted by Crippen LogP contribution is 2.50. The van der Waals surface area contributed by atoms with Gasteiger partial charge in [0.05, 0.1) is 10.6 Å². The third-order valence-electron chi connectivity index (χ3n) is 5.87. The van der Waals surface area contributed by atoms with Crippen LogP contribution < -0.4 is 4.90 Å². The van der Waals surface area contributed by atoms with E-state index in [4.69, 9.17) is 0 Å². The normalized spacial score (nSPS) is 18.2. The zero-order valence-electron chi connectivity index (χ0n) is 17.3. The molecule has 0 radical (unpaired) electrons. The number of amides is 3. The van der Waals surface area contributed by atoms with Crippen LogP contribution in [0.3, 0.4) is 0 Å². The highest BCUT2D eigenvalue weighted by Gasteiger charge is 2.65. The highest BCUT2D eigenvalue weighted by molar-refractivity contribution is 7.92. The van der Waals surface area contributed by atoms with Crippen LogP contribution in [-0.4, -0.2) is 41.3 Å². The molecule has 3 amide bonds. The number of alkyl halides is 3. The fourth-order valence-corrected chi connectivity index (χ4v) is 4.70. The van der Waals surface area contributed by atoms with Gasteiger partial charge in [-0.2, -0.15) is 13.2 Å². The van der Waals surface area contributed by atoms with Crippen LogP contribution >= 0.6 is 0 Å². The molecule has 170 valence electrons. The number of carbonyl (C=O) groups excluding carboxylic acids is 2. The molecule has 1 aliphatic heterocycles. The molecule has 1 aliphatic carbocycles. The average molecular weight is 467 g/mol. The first-order valence-corrected chi connectivity index (χ1v) is 11.4. The van der Waals surface area contributed by atoms with E-state index in [1.54, 1.807) is 18.5 Å². The number of pyridine rings is 1. The topological polar surface area (TPSA) is 87.7 Å². The SMILES string of the molecule is CC(C)c1cnccc1CN1C(=O)N(c2ccc(S(=O)(=O)C(F)(F)F)cc2)C(=O)C12CC2. The Morgan fingerprint density at radius 3 is 2.25 bits per heavy atom. The number of halogens is 3.